The quantitative estimate of drug-likeness (QED) is 0.511. The molecule has 1 saturated heterocycles. The van der Waals surface area contributed by atoms with E-state index >= 15 is 0 Å². The van der Waals surface area contributed by atoms with Crippen molar-refractivity contribution in [3.63, 3.8) is 0 Å². The second-order valence-electron chi connectivity index (χ2n) is 8.37. The van der Waals surface area contributed by atoms with Crippen molar-refractivity contribution in [3.8, 4) is 10.4 Å². The van der Waals surface area contributed by atoms with Crippen LogP contribution in [0.25, 0.3) is 10.4 Å². The minimum absolute atomic E-state index is 0.00469. The van der Waals surface area contributed by atoms with Crippen LogP contribution in [0.2, 0.25) is 0 Å². The molecule has 0 spiro atoms. The first-order chi connectivity index (χ1) is 16.0. The normalized spacial score (nSPS) is 16.7. The Morgan fingerprint density at radius 1 is 1.21 bits per heavy atom. The summed E-state index contributed by atoms with van der Waals surface area (Å²) in [6.07, 6.45) is 3.11. The largest absolute Gasteiger partial charge is 0.350 e. The molecule has 3 aromatic rings. The first-order valence-corrected chi connectivity index (χ1v) is 13.0. The van der Waals surface area contributed by atoms with Gasteiger partial charge in [0.1, 0.15) is 16.1 Å². The second-order valence-corrected chi connectivity index (χ2v) is 10.4. The highest BCUT2D eigenvalue weighted by Gasteiger charge is 2.38. The third kappa shape index (κ3) is 5.30. The van der Waals surface area contributed by atoms with E-state index in [0.29, 0.717) is 25.9 Å². The molecule has 0 unspecified atom stereocenters. The van der Waals surface area contributed by atoms with Gasteiger partial charge in [0.2, 0.25) is 11.8 Å². The van der Waals surface area contributed by atoms with Crippen LogP contribution in [0, 0.1) is 13.8 Å². The summed E-state index contributed by atoms with van der Waals surface area (Å²) in [6, 6.07) is 7.76. The Labute approximate surface area is 202 Å². The predicted octanol–water partition coefficient (Wildman–Crippen LogP) is 4.47. The van der Waals surface area contributed by atoms with Gasteiger partial charge in [-0.3, -0.25) is 9.59 Å². The molecule has 1 aromatic carbocycles. The van der Waals surface area contributed by atoms with Crippen LogP contribution in [-0.2, 0) is 16.1 Å². The van der Waals surface area contributed by atoms with Crippen molar-refractivity contribution in [3.05, 3.63) is 51.0 Å². The molecule has 7 nitrogen and oxygen atoms in total. The average molecular weight is 484 g/mol. The van der Waals surface area contributed by atoms with Crippen LogP contribution in [0.3, 0.4) is 0 Å². The molecule has 33 heavy (non-hydrogen) atoms. The molecule has 1 fully saturated rings. The van der Waals surface area contributed by atoms with E-state index in [9.17, 15) is 9.59 Å². The lowest BCUT2D eigenvalue weighted by molar-refractivity contribution is -0.139. The fraction of sp³-hybridized carbons (Fsp3) is 0.458. The summed E-state index contributed by atoms with van der Waals surface area (Å²) < 4.78 is 0. The maximum atomic E-state index is 13.4. The molecular formula is C24H29N5O2S2. The van der Waals surface area contributed by atoms with Crippen molar-refractivity contribution in [1.82, 2.24) is 25.4 Å². The smallest absolute Gasteiger partial charge is 0.243 e. The molecule has 0 saturated carbocycles. The number of carbonyl (C=O) groups is 2. The number of hydrogen-bond acceptors (Lipinski definition) is 7. The van der Waals surface area contributed by atoms with Gasteiger partial charge in [-0.05, 0) is 44.2 Å². The summed E-state index contributed by atoms with van der Waals surface area (Å²) in [6.45, 7) is 7.01. The lowest BCUT2D eigenvalue weighted by atomic mass is 10.0. The third-order valence-corrected chi connectivity index (χ3v) is 7.91. The zero-order chi connectivity index (χ0) is 23.4. The molecule has 174 valence electrons. The molecule has 1 N–H and O–H groups in total. The number of amides is 2. The minimum Gasteiger partial charge on any atom is -0.350 e. The Balaban J connectivity index is 1.39. The molecule has 2 aromatic heterocycles. The van der Waals surface area contributed by atoms with Crippen molar-refractivity contribution in [2.24, 2.45) is 0 Å². The zero-order valence-corrected chi connectivity index (χ0v) is 20.8. The van der Waals surface area contributed by atoms with Crippen LogP contribution in [0.15, 0.2) is 29.8 Å². The molecule has 4 rings (SSSR count). The molecule has 2 amide bonds. The average Bonchev–Trinajstić information content (AvgIpc) is 3.57. The highest BCUT2D eigenvalue weighted by molar-refractivity contribution is 7.13. The van der Waals surface area contributed by atoms with Crippen molar-refractivity contribution >= 4 is 34.5 Å². The number of nitrogens with zero attached hydrogens (tertiary/aromatic N) is 4. The fourth-order valence-corrected chi connectivity index (χ4v) is 5.90. The summed E-state index contributed by atoms with van der Waals surface area (Å²) in [4.78, 5) is 33.6. The minimum atomic E-state index is -0.426. The van der Waals surface area contributed by atoms with Gasteiger partial charge in [-0.25, -0.2) is 4.98 Å². The van der Waals surface area contributed by atoms with E-state index in [0.717, 1.165) is 44.6 Å². The van der Waals surface area contributed by atoms with Crippen molar-refractivity contribution in [2.45, 2.75) is 65.0 Å². The van der Waals surface area contributed by atoms with E-state index in [2.05, 4.69) is 39.6 Å². The SMILES string of the molecule is CCC[C@@H](C(=O)N1CCC[C@H]1C(=O)NCc1ccc(-c2scnc2C)cc1)c1nnc(C)s1. The van der Waals surface area contributed by atoms with Gasteiger partial charge in [0, 0.05) is 13.1 Å². The Morgan fingerprint density at radius 2 is 2.00 bits per heavy atom. The van der Waals surface area contributed by atoms with Gasteiger partial charge in [-0.1, -0.05) is 37.6 Å². The first-order valence-electron chi connectivity index (χ1n) is 11.4. The van der Waals surface area contributed by atoms with E-state index in [1.807, 2.05) is 31.5 Å². The van der Waals surface area contributed by atoms with Gasteiger partial charge in [-0.15, -0.1) is 32.9 Å². The van der Waals surface area contributed by atoms with Crippen LogP contribution in [0.4, 0.5) is 0 Å². The molecular weight excluding hydrogens is 454 g/mol. The van der Waals surface area contributed by atoms with Gasteiger partial charge in [0.05, 0.1) is 22.0 Å². The number of carbonyl (C=O) groups excluding carboxylic acids is 2. The van der Waals surface area contributed by atoms with Gasteiger partial charge < -0.3 is 10.2 Å². The summed E-state index contributed by atoms with van der Waals surface area (Å²) in [5.41, 5.74) is 5.03. The van der Waals surface area contributed by atoms with Crippen molar-refractivity contribution in [2.75, 3.05) is 6.54 Å². The maximum absolute atomic E-state index is 13.4. The number of nitrogens with one attached hydrogen (secondary N) is 1. The molecule has 3 heterocycles. The van der Waals surface area contributed by atoms with Gasteiger partial charge in [0.25, 0.3) is 0 Å². The van der Waals surface area contributed by atoms with E-state index < -0.39 is 6.04 Å². The van der Waals surface area contributed by atoms with E-state index in [4.69, 9.17) is 0 Å². The third-order valence-electron chi connectivity index (χ3n) is 5.98. The van der Waals surface area contributed by atoms with Crippen LogP contribution in [-0.4, -0.2) is 44.5 Å². The van der Waals surface area contributed by atoms with E-state index in [1.54, 1.807) is 16.2 Å². The summed E-state index contributed by atoms with van der Waals surface area (Å²) in [5.74, 6) is -0.417. The lowest BCUT2D eigenvalue weighted by Gasteiger charge is -2.27. The predicted molar refractivity (Wildman–Crippen MR) is 131 cm³/mol. The van der Waals surface area contributed by atoms with Crippen LogP contribution < -0.4 is 5.32 Å². The van der Waals surface area contributed by atoms with Gasteiger partial charge >= 0.3 is 0 Å². The highest BCUT2D eigenvalue weighted by atomic mass is 32.1. The zero-order valence-electron chi connectivity index (χ0n) is 19.2. The molecule has 9 heteroatoms. The number of aryl methyl sites for hydroxylation is 2. The number of rotatable bonds is 8. The summed E-state index contributed by atoms with van der Waals surface area (Å²) in [7, 11) is 0. The Morgan fingerprint density at radius 3 is 2.64 bits per heavy atom. The standard InChI is InChI=1S/C24H29N5O2S2/c1-4-6-19(23-28-27-16(3)33-23)24(31)29-12-5-7-20(29)22(30)25-13-17-8-10-18(11-9-17)21-15(2)26-14-32-21/h8-11,14,19-20H,4-7,12-13H2,1-3H3,(H,25,30)/t19-,20+/m1/s1. The summed E-state index contributed by atoms with van der Waals surface area (Å²) >= 11 is 3.09. The molecule has 2 atom stereocenters. The summed E-state index contributed by atoms with van der Waals surface area (Å²) in [5, 5.41) is 13.0. The van der Waals surface area contributed by atoms with Crippen LogP contribution in [0.5, 0.6) is 0 Å². The Bertz CT molecular complexity index is 1110. The topological polar surface area (TPSA) is 88.1 Å². The fourth-order valence-electron chi connectivity index (χ4n) is 4.26. The number of likely N-dealkylation sites (tertiary alicyclic amines) is 1. The van der Waals surface area contributed by atoms with Gasteiger partial charge in [-0.2, -0.15) is 0 Å². The number of benzene rings is 1. The molecule has 1 aliphatic rings. The number of hydrogen-bond donors (Lipinski definition) is 1. The lowest BCUT2D eigenvalue weighted by Crippen LogP contribution is -2.47. The Hall–Kier alpha value is -2.65. The monoisotopic (exact) mass is 483 g/mol. The van der Waals surface area contributed by atoms with Crippen molar-refractivity contribution < 1.29 is 9.59 Å². The van der Waals surface area contributed by atoms with E-state index in [1.165, 1.54) is 11.3 Å². The molecule has 0 radical (unpaired) electrons. The molecule has 0 aliphatic carbocycles. The molecule has 0 bridgehead atoms. The highest BCUT2D eigenvalue weighted by Crippen LogP contribution is 2.30. The van der Waals surface area contributed by atoms with Crippen molar-refractivity contribution in [1.29, 1.82) is 0 Å². The Kier molecular flexibility index (Phi) is 7.49. The second kappa shape index (κ2) is 10.5. The van der Waals surface area contributed by atoms with Gasteiger partial charge in [0.15, 0.2) is 0 Å². The van der Waals surface area contributed by atoms with E-state index in [-0.39, 0.29) is 17.7 Å². The first kappa shape index (κ1) is 23.5. The molecule has 1 aliphatic heterocycles. The maximum Gasteiger partial charge on any atom is 0.243 e. The van der Waals surface area contributed by atoms with Crippen LogP contribution in [0.1, 0.15) is 59.8 Å². The number of thiazole rings is 1. The number of aromatic nitrogens is 3. The van der Waals surface area contributed by atoms with Crippen LogP contribution >= 0.6 is 22.7 Å².